The highest BCUT2D eigenvalue weighted by molar-refractivity contribution is 5.76. The lowest BCUT2D eigenvalue weighted by atomic mass is 10.0. The summed E-state index contributed by atoms with van der Waals surface area (Å²) in [7, 11) is 1.44. The van der Waals surface area contributed by atoms with Crippen LogP contribution in [0.25, 0.3) is 0 Å². The molecule has 1 N–H and O–H groups in total. The van der Waals surface area contributed by atoms with Gasteiger partial charge < -0.3 is 0 Å². The minimum absolute atomic E-state index is 0.395. The van der Waals surface area contributed by atoms with E-state index >= 15 is 0 Å². The molecule has 8 heteroatoms. The molecule has 0 fully saturated rings. The molecule has 8 nitrogen and oxygen atoms in total. The zero-order chi connectivity index (χ0) is 17.0. The van der Waals surface area contributed by atoms with Crippen LogP contribution in [0, 0.1) is 22.7 Å². The van der Waals surface area contributed by atoms with Crippen molar-refractivity contribution in [2.45, 2.75) is 6.04 Å². The van der Waals surface area contributed by atoms with Gasteiger partial charge in [-0.25, -0.2) is 4.98 Å². The molecule has 1 aliphatic heterocycles. The molecule has 2 unspecified atom stereocenters. The van der Waals surface area contributed by atoms with Crippen LogP contribution in [-0.2, 0) is 4.84 Å². The topological polar surface area (TPSA) is 97.3 Å². The van der Waals surface area contributed by atoms with Crippen molar-refractivity contribution in [3.05, 3.63) is 59.8 Å². The van der Waals surface area contributed by atoms with Crippen LogP contribution in [0.4, 0.5) is 5.82 Å². The highest BCUT2D eigenvalue weighted by Gasteiger charge is 2.48. The molecule has 1 aromatic carbocycles. The summed E-state index contributed by atoms with van der Waals surface area (Å²) in [5.41, 5.74) is 3.92. The first-order chi connectivity index (χ1) is 11.7. The molecule has 0 saturated carbocycles. The third kappa shape index (κ3) is 2.57. The molecule has 0 spiro atoms. The third-order valence-electron chi connectivity index (χ3n) is 3.61. The first-order valence-corrected chi connectivity index (χ1v) is 7.11. The molecule has 0 bridgehead atoms. The van der Waals surface area contributed by atoms with Gasteiger partial charge in [-0.2, -0.15) is 20.4 Å². The van der Waals surface area contributed by atoms with Crippen LogP contribution in [0.15, 0.2) is 53.8 Å². The summed E-state index contributed by atoms with van der Waals surface area (Å²) >= 11 is 0. The number of rotatable bonds is 4. The van der Waals surface area contributed by atoms with Crippen LogP contribution >= 0.6 is 0 Å². The minimum Gasteiger partial charge on any atom is -0.237 e. The van der Waals surface area contributed by atoms with E-state index in [1.54, 1.807) is 47.6 Å². The van der Waals surface area contributed by atoms with Crippen molar-refractivity contribution >= 4 is 12.2 Å². The number of hydrogen-bond acceptors (Lipinski definition) is 7. The van der Waals surface area contributed by atoms with Crippen molar-refractivity contribution in [1.29, 1.82) is 10.5 Å². The van der Waals surface area contributed by atoms with Crippen LogP contribution in [0.5, 0.6) is 0 Å². The number of nitrogens with one attached hydrogen (secondary N) is 1. The van der Waals surface area contributed by atoms with Gasteiger partial charge >= 0.3 is 0 Å². The average molecular weight is 320 g/mol. The second kappa shape index (κ2) is 6.44. The van der Waals surface area contributed by atoms with E-state index in [9.17, 15) is 10.5 Å². The number of quaternary nitrogens is 1. The second-order valence-electron chi connectivity index (χ2n) is 4.93. The standard InChI is InChI=1S/C16H14N7O/c1-24-23(15(11-18)14-7-3-2-6-13(14)10-17)20-12-22(21-23)16-8-4-5-9-19-16/h2-9,12,15,21H,1H3/q+1. The number of pyridine rings is 1. The summed E-state index contributed by atoms with van der Waals surface area (Å²) in [6, 6.07) is 15.7. The fourth-order valence-electron chi connectivity index (χ4n) is 2.43. The minimum atomic E-state index is -0.879. The number of hydrogen-bond donors (Lipinski definition) is 1. The monoisotopic (exact) mass is 320 g/mol. The number of aromatic nitrogens is 1. The summed E-state index contributed by atoms with van der Waals surface area (Å²) in [6.07, 6.45) is 3.14. The first kappa shape index (κ1) is 15.6. The Morgan fingerprint density at radius 2 is 2.00 bits per heavy atom. The Balaban J connectivity index is 1.98. The number of hydrazine groups is 1. The highest BCUT2D eigenvalue weighted by atomic mass is 16.8. The summed E-state index contributed by atoms with van der Waals surface area (Å²) in [5, 5.41) is 24.9. The van der Waals surface area contributed by atoms with Crippen molar-refractivity contribution in [2.24, 2.45) is 5.10 Å². The maximum atomic E-state index is 9.71. The van der Waals surface area contributed by atoms with Crippen molar-refractivity contribution in [3.8, 4) is 12.1 Å². The van der Waals surface area contributed by atoms with E-state index in [1.807, 2.05) is 6.07 Å². The summed E-state index contributed by atoms with van der Waals surface area (Å²) < 4.78 is 0. The SMILES string of the molecule is CO[N+]1(C(C#N)c2ccccc2C#N)N=CN(c2ccccn2)N1. The Bertz CT molecular complexity index is 839. The van der Waals surface area contributed by atoms with E-state index in [2.05, 4.69) is 27.8 Å². The van der Waals surface area contributed by atoms with Gasteiger partial charge in [0.1, 0.15) is 13.2 Å². The van der Waals surface area contributed by atoms with Crippen LogP contribution in [0.2, 0.25) is 0 Å². The Morgan fingerprint density at radius 3 is 2.67 bits per heavy atom. The van der Waals surface area contributed by atoms with Crippen molar-refractivity contribution in [2.75, 3.05) is 12.1 Å². The van der Waals surface area contributed by atoms with Crippen molar-refractivity contribution in [1.82, 2.24) is 10.5 Å². The molecule has 2 aromatic rings. The van der Waals surface area contributed by atoms with Crippen molar-refractivity contribution in [3.63, 3.8) is 0 Å². The predicted octanol–water partition coefficient (Wildman–Crippen LogP) is 1.78. The van der Waals surface area contributed by atoms with Crippen LogP contribution in [-0.4, -0.2) is 23.3 Å². The fraction of sp³-hybridized carbons (Fsp3) is 0.125. The van der Waals surface area contributed by atoms with Gasteiger partial charge in [0, 0.05) is 11.8 Å². The van der Waals surface area contributed by atoms with Crippen LogP contribution in [0.3, 0.4) is 0 Å². The molecule has 1 aliphatic rings. The summed E-state index contributed by atoms with van der Waals surface area (Å²) in [4.78, 5) is 9.16. The lowest BCUT2D eigenvalue weighted by Gasteiger charge is -2.28. The second-order valence-corrected chi connectivity index (χ2v) is 4.93. The zero-order valence-electron chi connectivity index (χ0n) is 12.9. The third-order valence-corrected chi connectivity index (χ3v) is 3.61. The zero-order valence-corrected chi connectivity index (χ0v) is 12.9. The first-order valence-electron chi connectivity index (χ1n) is 7.11. The van der Waals surface area contributed by atoms with Gasteiger partial charge in [0.05, 0.1) is 16.5 Å². The lowest BCUT2D eigenvalue weighted by Crippen LogP contribution is -2.56. The van der Waals surface area contributed by atoms with Gasteiger partial charge in [-0.15, -0.1) is 0 Å². The quantitative estimate of drug-likeness (QED) is 0.862. The molecule has 0 saturated heterocycles. The molecule has 2 heterocycles. The smallest absolute Gasteiger partial charge is 0.237 e. The van der Waals surface area contributed by atoms with E-state index < -0.39 is 10.9 Å². The maximum absolute atomic E-state index is 9.71. The fourth-order valence-corrected chi connectivity index (χ4v) is 2.43. The van der Waals surface area contributed by atoms with Crippen LogP contribution in [0.1, 0.15) is 17.2 Å². The molecule has 0 aliphatic carbocycles. The number of hydroxylamine groups is 1. The number of benzene rings is 1. The maximum Gasteiger partial charge on any atom is 0.280 e. The van der Waals surface area contributed by atoms with Crippen molar-refractivity contribution < 1.29 is 9.70 Å². The van der Waals surface area contributed by atoms with E-state index in [0.29, 0.717) is 16.9 Å². The molecule has 118 valence electrons. The highest BCUT2D eigenvalue weighted by Crippen LogP contribution is 2.32. The van der Waals surface area contributed by atoms with Crippen LogP contribution < -0.4 is 10.5 Å². The molecular weight excluding hydrogens is 306 g/mol. The van der Waals surface area contributed by atoms with Gasteiger partial charge in [-0.1, -0.05) is 24.3 Å². The molecule has 3 rings (SSSR count). The Labute approximate surface area is 138 Å². The summed E-state index contributed by atoms with van der Waals surface area (Å²) in [5.74, 6) is 0.601. The number of nitrogens with zero attached hydrogens (tertiary/aromatic N) is 6. The normalized spacial score (nSPS) is 20.4. The summed E-state index contributed by atoms with van der Waals surface area (Å²) in [6.45, 7) is 0. The number of anilines is 1. The Morgan fingerprint density at radius 1 is 1.21 bits per heavy atom. The molecule has 24 heavy (non-hydrogen) atoms. The Hall–Kier alpha value is -3.30. The van der Waals surface area contributed by atoms with E-state index in [-0.39, 0.29) is 0 Å². The van der Waals surface area contributed by atoms with E-state index in [4.69, 9.17) is 4.84 Å². The van der Waals surface area contributed by atoms with Gasteiger partial charge in [0.2, 0.25) is 0 Å². The molecular formula is C16H14N7O+. The lowest BCUT2D eigenvalue weighted by molar-refractivity contribution is -1.15. The van der Waals surface area contributed by atoms with E-state index in [0.717, 1.165) is 0 Å². The molecule has 2 atom stereocenters. The van der Waals surface area contributed by atoms with Gasteiger partial charge in [-0.3, -0.25) is 0 Å². The Kier molecular flexibility index (Phi) is 4.18. The number of nitriles is 2. The molecule has 0 amide bonds. The molecule has 1 aromatic heterocycles. The van der Waals surface area contributed by atoms with E-state index in [1.165, 1.54) is 13.4 Å². The van der Waals surface area contributed by atoms with Gasteiger partial charge in [0.15, 0.2) is 12.2 Å². The molecule has 0 radical (unpaired) electrons. The largest absolute Gasteiger partial charge is 0.280 e. The average Bonchev–Trinajstić information content (AvgIpc) is 3.09. The van der Waals surface area contributed by atoms with Gasteiger partial charge in [-0.05, 0) is 28.8 Å². The predicted molar refractivity (Wildman–Crippen MR) is 85.1 cm³/mol. The van der Waals surface area contributed by atoms with Gasteiger partial charge in [0.25, 0.3) is 6.04 Å².